The number of nitrogens with one attached hydrogen (secondary N) is 1. The Hall–Kier alpha value is -2.36. The molecule has 2 aromatic rings. The van der Waals surface area contributed by atoms with Crippen molar-refractivity contribution in [3.05, 3.63) is 48.0 Å². The van der Waals surface area contributed by atoms with Gasteiger partial charge in [-0.15, -0.1) is 0 Å². The van der Waals surface area contributed by atoms with Crippen molar-refractivity contribution < 1.29 is 14.2 Å². The number of hydrogen-bond donors (Lipinski definition) is 1. The third-order valence-electron chi connectivity index (χ3n) is 3.37. The highest BCUT2D eigenvalue weighted by molar-refractivity contribution is 5.60. The summed E-state index contributed by atoms with van der Waals surface area (Å²) in [6, 6.07) is 13.8. The maximum absolute atomic E-state index is 5.38. The first-order chi connectivity index (χ1) is 10.2. The minimum Gasteiger partial charge on any atom is -0.497 e. The fourth-order valence-electron chi connectivity index (χ4n) is 2.15. The largest absolute Gasteiger partial charge is 0.497 e. The summed E-state index contributed by atoms with van der Waals surface area (Å²) >= 11 is 0. The van der Waals surface area contributed by atoms with Gasteiger partial charge in [0.05, 0.1) is 27.0 Å². The molecular formula is C17H21NO3. The molecule has 2 aromatic carbocycles. The lowest BCUT2D eigenvalue weighted by Gasteiger charge is -2.19. The molecule has 0 aliphatic rings. The summed E-state index contributed by atoms with van der Waals surface area (Å²) in [5.41, 5.74) is 2.03. The lowest BCUT2D eigenvalue weighted by Crippen LogP contribution is -2.08. The lowest BCUT2D eigenvalue weighted by atomic mass is 10.1. The molecule has 0 radical (unpaired) electrons. The minimum absolute atomic E-state index is 0.112. The maximum Gasteiger partial charge on any atom is 0.142 e. The van der Waals surface area contributed by atoms with Crippen molar-refractivity contribution in [1.29, 1.82) is 0 Å². The number of methoxy groups -OCH3 is 3. The summed E-state index contributed by atoms with van der Waals surface area (Å²) in [6.07, 6.45) is 0. The van der Waals surface area contributed by atoms with Crippen LogP contribution in [0.15, 0.2) is 42.5 Å². The van der Waals surface area contributed by atoms with E-state index in [-0.39, 0.29) is 6.04 Å². The van der Waals surface area contributed by atoms with Gasteiger partial charge in [-0.25, -0.2) is 0 Å². The van der Waals surface area contributed by atoms with Gasteiger partial charge in [0.2, 0.25) is 0 Å². The molecule has 4 heteroatoms. The van der Waals surface area contributed by atoms with Crippen LogP contribution in [0.5, 0.6) is 17.2 Å². The van der Waals surface area contributed by atoms with Gasteiger partial charge in [0, 0.05) is 12.1 Å². The number of benzene rings is 2. The fourth-order valence-corrected chi connectivity index (χ4v) is 2.15. The second-order valence-corrected chi connectivity index (χ2v) is 4.71. The molecule has 1 unspecified atom stereocenters. The molecule has 0 heterocycles. The fraction of sp³-hybridized carbons (Fsp3) is 0.294. The summed E-state index contributed by atoms with van der Waals surface area (Å²) in [4.78, 5) is 0. The van der Waals surface area contributed by atoms with Gasteiger partial charge in [0.25, 0.3) is 0 Å². The number of hydrogen-bond acceptors (Lipinski definition) is 4. The Morgan fingerprint density at radius 3 is 2.24 bits per heavy atom. The molecule has 0 saturated heterocycles. The van der Waals surface area contributed by atoms with Crippen LogP contribution in [0.3, 0.4) is 0 Å². The molecule has 1 atom stereocenters. The average Bonchev–Trinajstić information content (AvgIpc) is 2.54. The second-order valence-electron chi connectivity index (χ2n) is 4.71. The number of ether oxygens (including phenoxy) is 3. The Balaban J connectivity index is 2.23. The molecule has 0 saturated carbocycles. The van der Waals surface area contributed by atoms with Crippen LogP contribution in [0.2, 0.25) is 0 Å². The van der Waals surface area contributed by atoms with Gasteiger partial charge < -0.3 is 19.5 Å². The molecule has 4 nitrogen and oxygen atoms in total. The molecule has 0 aromatic heterocycles. The topological polar surface area (TPSA) is 39.7 Å². The van der Waals surface area contributed by atoms with E-state index in [0.717, 1.165) is 28.5 Å². The van der Waals surface area contributed by atoms with Gasteiger partial charge in [0.15, 0.2) is 0 Å². The van der Waals surface area contributed by atoms with E-state index in [1.165, 1.54) is 0 Å². The summed E-state index contributed by atoms with van der Waals surface area (Å²) in [7, 11) is 4.97. The van der Waals surface area contributed by atoms with Crippen LogP contribution in [0.1, 0.15) is 18.5 Å². The predicted octanol–water partition coefficient (Wildman–Crippen LogP) is 3.89. The summed E-state index contributed by atoms with van der Waals surface area (Å²) in [5.74, 6) is 2.42. The van der Waals surface area contributed by atoms with Gasteiger partial charge in [-0.3, -0.25) is 0 Å². The Morgan fingerprint density at radius 2 is 1.57 bits per heavy atom. The van der Waals surface area contributed by atoms with Crippen LogP contribution in [0.25, 0.3) is 0 Å². The monoisotopic (exact) mass is 287 g/mol. The Bertz CT molecular complexity index is 598. The van der Waals surface area contributed by atoms with Crippen LogP contribution < -0.4 is 19.5 Å². The van der Waals surface area contributed by atoms with Crippen LogP contribution in [0.4, 0.5) is 5.69 Å². The smallest absolute Gasteiger partial charge is 0.142 e. The van der Waals surface area contributed by atoms with E-state index in [0.29, 0.717) is 0 Å². The zero-order valence-corrected chi connectivity index (χ0v) is 12.8. The Kier molecular flexibility index (Phi) is 4.93. The average molecular weight is 287 g/mol. The molecule has 112 valence electrons. The van der Waals surface area contributed by atoms with Crippen molar-refractivity contribution in [3.8, 4) is 17.2 Å². The Labute approximate surface area is 125 Å². The highest BCUT2D eigenvalue weighted by atomic mass is 16.5. The van der Waals surface area contributed by atoms with Crippen molar-refractivity contribution in [1.82, 2.24) is 0 Å². The summed E-state index contributed by atoms with van der Waals surface area (Å²) < 4.78 is 15.9. The van der Waals surface area contributed by atoms with Gasteiger partial charge in [-0.2, -0.15) is 0 Å². The summed E-state index contributed by atoms with van der Waals surface area (Å²) in [5, 5.41) is 3.44. The zero-order valence-electron chi connectivity index (χ0n) is 12.8. The van der Waals surface area contributed by atoms with E-state index in [1.807, 2.05) is 36.4 Å². The van der Waals surface area contributed by atoms with Crippen molar-refractivity contribution >= 4 is 5.69 Å². The van der Waals surface area contributed by atoms with E-state index in [1.54, 1.807) is 21.3 Å². The van der Waals surface area contributed by atoms with E-state index in [4.69, 9.17) is 14.2 Å². The maximum atomic E-state index is 5.38. The standard InChI is InChI=1S/C17H21NO3/c1-12(13-6-5-7-14(10-13)19-2)18-16-11-15(20-3)8-9-17(16)21-4/h5-12,18H,1-4H3. The van der Waals surface area contributed by atoms with Crippen molar-refractivity contribution in [2.45, 2.75) is 13.0 Å². The highest BCUT2D eigenvalue weighted by Crippen LogP contribution is 2.32. The second kappa shape index (κ2) is 6.88. The predicted molar refractivity (Wildman–Crippen MR) is 84.6 cm³/mol. The summed E-state index contributed by atoms with van der Waals surface area (Å²) in [6.45, 7) is 2.09. The van der Waals surface area contributed by atoms with Crippen molar-refractivity contribution in [2.24, 2.45) is 0 Å². The molecular weight excluding hydrogens is 266 g/mol. The third kappa shape index (κ3) is 3.60. The van der Waals surface area contributed by atoms with E-state index >= 15 is 0 Å². The molecule has 0 amide bonds. The molecule has 0 aliphatic heterocycles. The minimum atomic E-state index is 0.112. The first-order valence-corrected chi connectivity index (χ1v) is 6.80. The molecule has 0 bridgehead atoms. The van der Waals surface area contributed by atoms with Crippen LogP contribution in [0, 0.1) is 0 Å². The van der Waals surface area contributed by atoms with Crippen molar-refractivity contribution in [2.75, 3.05) is 26.6 Å². The normalized spacial score (nSPS) is 11.6. The molecule has 21 heavy (non-hydrogen) atoms. The molecule has 1 N–H and O–H groups in total. The Morgan fingerprint density at radius 1 is 0.857 bits per heavy atom. The number of rotatable bonds is 6. The van der Waals surface area contributed by atoms with Crippen LogP contribution in [-0.2, 0) is 0 Å². The highest BCUT2D eigenvalue weighted by Gasteiger charge is 2.11. The van der Waals surface area contributed by atoms with E-state index in [9.17, 15) is 0 Å². The first-order valence-electron chi connectivity index (χ1n) is 6.80. The molecule has 0 fully saturated rings. The molecule has 2 rings (SSSR count). The van der Waals surface area contributed by atoms with Crippen molar-refractivity contribution in [3.63, 3.8) is 0 Å². The first kappa shape index (κ1) is 15.0. The number of anilines is 1. The van der Waals surface area contributed by atoms with Crippen LogP contribution in [-0.4, -0.2) is 21.3 Å². The van der Waals surface area contributed by atoms with E-state index < -0.39 is 0 Å². The van der Waals surface area contributed by atoms with Gasteiger partial charge in [0.1, 0.15) is 17.2 Å². The van der Waals surface area contributed by atoms with E-state index in [2.05, 4.69) is 18.3 Å². The van der Waals surface area contributed by atoms with Crippen LogP contribution >= 0.6 is 0 Å². The molecule has 0 aliphatic carbocycles. The lowest BCUT2D eigenvalue weighted by molar-refractivity contribution is 0.404. The zero-order chi connectivity index (χ0) is 15.2. The van der Waals surface area contributed by atoms with Gasteiger partial charge in [-0.05, 0) is 36.8 Å². The quantitative estimate of drug-likeness (QED) is 0.875. The van der Waals surface area contributed by atoms with Gasteiger partial charge >= 0.3 is 0 Å². The molecule has 0 spiro atoms. The third-order valence-corrected chi connectivity index (χ3v) is 3.37. The van der Waals surface area contributed by atoms with Gasteiger partial charge in [-0.1, -0.05) is 12.1 Å². The SMILES string of the molecule is COc1cccc(C(C)Nc2cc(OC)ccc2OC)c1.